The third-order valence-corrected chi connectivity index (χ3v) is 9.27. The van der Waals surface area contributed by atoms with Crippen LogP contribution in [0.1, 0.15) is 155 Å². The summed E-state index contributed by atoms with van der Waals surface area (Å²) in [6, 6.07) is -0.742. The van der Waals surface area contributed by atoms with E-state index < -0.39 is 18.1 Å². The van der Waals surface area contributed by atoms with Gasteiger partial charge in [0, 0.05) is 19.3 Å². The molecule has 0 N–H and O–H groups in total. The Morgan fingerprint density at radius 1 is 0.544 bits per heavy atom. The van der Waals surface area contributed by atoms with Gasteiger partial charge in [0.2, 0.25) is 0 Å². The number of nitrogens with zero attached hydrogens (tertiary/aromatic N) is 1. The maximum Gasteiger partial charge on any atom is 0.306 e. The van der Waals surface area contributed by atoms with E-state index in [1.807, 2.05) is 0 Å². The number of esters is 2. The van der Waals surface area contributed by atoms with Gasteiger partial charge in [0.25, 0.3) is 0 Å². The zero-order valence-corrected chi connectivity index (χ0v) is 36.7. The first-order valence-corrected chi connectivity index (χ1v) is 22.1. The Kier molecular flexibility index (Phi) is 36.9. The van der Waals surface area contributed by atoms with E-state index in [2.05, 4.69) is 98.9 Å². The Bertz CT molecular complexity index is 1200. The number of aliphatic carboxylic acids is 1. The highest BCUT2D eigenvalue weighted by atomic mass is 16.6. The second-order valence-corrected chi connectivity index (χ2v) is 15.5. The zero-order chi connectivity index (χ0) is 42.1. The first-order chi connectivity index (χ1) is 27.6. The van der Waals surface area contributed by atoms with E-state index in [-0.39, 0.29) is 49.1 Å². The van der Waals surface area contributed by atoms with Crippen molar-refractivity contribution in [3.63, 3.8) is 0 Å². The van der Waals surface area contributed by atoms with Gasteiger partial charge in [-0.15, -0.1) is 0 Å². The Balaban J connectivity index is 4.49. The number of likely N-dealkylation sites (N-methyl/N-ethyl adjacent to an activating group) is 1. The maximum atomic E-state index is 12.7. The van der Waals surface area contributed by atoms with Gasteiger partial charge in [0.15, 0.2) is 6.10 Å². The van der Waals surface area contributed by atoms with Crippen molar-refractivity contribution in [2.75, 3.05) is 41.0 Å². The summed E-state index contributed by atoms with van der Waals surface area (Å²) in [6.45, 7) is 4.44. The number of carboxylic acids is 1. The largest absolute Gasteiger partial charge is 0.544 e. The van der Waals surface area contributed by atoms with Crippen molar-refractivity contribution in [1.82, 2.24) is 0 Å². The van der Waals surface area contributed by atoms with E-state index in [1.165, 1.54) is 38.5 Å². The van der Waals surface area contributed by atoms with Gasteiger partial charge >= 0.3 is 11.9 Å². The number of ether oxygens (including phenoxy) is 3. The van der Waals surface area contributed by atoms with Gasteiger partial charge in [-0.1, -0.05) is 137 Å². The van der Waals surface area contributed by atoms with E-state index in [9.17, 15) is 19.5 Å². The molecule has 0 heterocycles. The number of carbonyl (C=O) groups is 3. The van der Waals surface area contributed by atoms with Crippen molar-refractivity contribution >= 4 is 17.9 Å². The summed E-state index contributed by atoms with van der Waals surface area (Å²) >= 11 is 0. The molecule has 57 heavy (non-hydrogen) atoms. The minimum atomic E-state index is -1.14. The molecule has 2 atom stereocenters. The lowest BCUT2D eigenvalue weighted by molar-refractivity contribution is -0.889. The Morgan fingerprint density at radius 3 is 1.53 bits per heavy atom. The molecule has 0 fully saturated rings. The summed E-state index contributed by atoms with van der Waals surface area (Å²) in [5.74, 6) is -1.84. The van der Waals surface area contributed by atoms with E-state index in [0.717, 1.165) is 77.0 Å². The fourth-order valence-corrected chi connectivity index (χ4v) is 5.84. The van der Waals surface area contributed by atoms with E-state index in [1.54, 1.807) is 21.1 Å². The molecule has 0 aromatic heterocycles. The quantitative estimate of drug-likeness (QED) is 0.0265. The average Bonchev–Trinajstić information content (AvgIpc) is 3.17. The molecule has 8 heteroatoms. The fourth-order valence-electron chi connectivity index (χ4n) is 5.84. The van der Waals surface area contributed by atoms with Gasteiger partial charge in [-0.25, -0.2) is 0 Å². The lowest BCUT2D eigenvalue weighted by Gasteiger charge is -2.34. The third kappa shape index (κ3) is 37.8. The van der Waals surface area contributed by atoms with Crippen molar-refractivity contribution in [2.24, 2.45) is 0 Å². The molecule has 0 aliphatic heterocycles. The lowest BCUT2D eigenvalue weighted by atomic mass is 10.1. The molecular weight excluding hydrogens is 715 g/mol. The topological polar surface area (TPSA) is 102 Å². The van der Waals surface area contributed by atoms with E-state index >= 15 is 0 Å². The SMILES string of the molecule is CC/C=C/C/C=C/C/C=C/C/C=C/C/C=C/C/C=C/CCCC(=O)OC(COCCC(C(=O)[O-])[N+](C)(C)C)COC(=O)CCCCC/C=C/CCCCCCCC. The smallest absolute Gasteiger partial charge is 0.306 e. The molecule has 0 aromatic carbocycles. The van der Waals surface area contributed by atoms with Crippen molar-refractivity contribution < 1.29 is 38.2 Å². The number of hydrogen-bond acceptors (Lipinski definition) is 7. The molecule has 324 valence electrons. The van der Waals surface area contributed by atoms with Crippen LogP contribution in [-0.2, 0) is 28.6 Å². The van der Waals surface area contributed by atoms with Crippen LogP contribution in [-0.4, -0.2) is 75.5 Å². The first kappa shape index (κ1) is 53.5. The molecule has 0 aromatic rings. The Morgan fingerprint density at radius 2 is 1.00 bits per heavy atom. The van der Waals surface area contributed by atoms with Crippen LogP contribution in [0, 0.1) is 0 Å². The van der Waals surface area contributed by atoms with Crippen molar-refractivity contribution in [1.29, 1.82) is 0 Å². The number of rotatable bonds is 38. The van der Waals surface area contributed by atoms with Crippen LogP contribution >= 0.6 is 0 Å². The molecule has 0 spiro atoms. The number of allylic oxidation sites excluding steroid dienone is 14. The van der Waals surface area contributed by atoms with Gasteiger partial charge in [0.1, 0.15) is 12.6 Å². The predicted octanol–water partition coefficient (Wildman–Crippen LogP) is 10.8. The number of hydrogen-bond donors (Lipinski definition) is 0. The lowest BCUT2D eigenvalue weighted by Crippen LogP contribution is -2.55. The summed E-state index contributed by atoms with van der Waals surface area (Å²) < 4.78 is 17.1. The molecule has 0 rings (SSSR count). The van der Waals surface area contributed by atoms with Crippen molar-refractivity contribution in [2.45, 2.75) is 167 Å². The van der Waals surface area contributed by atoms with Gasteiger partial charge in [-0.2, -0.15) is 0 Å². The molecule has 0 aliphatic carbocycles. The molecule has 0 bridgehead atoms. The van der Waals surface area contributed by atoms with Gasteiger partial charge in [0.05, 0.1) is 40.3 Å². The van der Waals surface area contributed by atoms with Crippen LogP contribution in [0.25, 0.3) is 0 Å². The number of carboxylic acid groups (broad SMARTS) is 1. The van der Waals surface area contributed by atoms with Crippen LogP contribution in [0.3, 0.4) is 0 Å². The minimum absolute atomic E-state index is 0.00809. The highest BCUT2D eigenvalue weighted by Gasteiger charge is 2.25. The highest BCUT2D eigenvalue weighted by Crippen LogP contribution is 2.11. The van der Waals surface area contributed by atoms with Gasteiger partial charge in [-0.05, 0) is 83.5 Å². The van der Waals surface area contributed by atoms with Gasteiger partial charge in [-0.3, -0.25) is 9.59 Å². The van der Waals surface area contributed by atoms with Crippen LogP contribution < -0.4 is 5.11 Å². The monoisotopic (exact) mass is 796 g/mol. The summed E-state index contributed by atoms with van der Waals surface area (Å²) in [7, 11) is 5.37. The maximum absolute atomic E-state index is 12.7. The Labute approximate surface area is 348 Å². The average molecular weight is 796 g/mol. The first-order valence-electron chi connectivity index (χ1n) is 22.1. The highest BCUT2D eigenvalue weighted by molar-refractivity contribution is 5.70. The second kappa shape index (κ2) is 39.3. The van der Waals surface area contributed by atoms with Crippen LogP contribution in [0.4, 0.5) is 0 Å². The summed E-state index contributed by atoms with van der Waals surface area (Å²) in [4.78, 5) is 36.8. The summed E-state index contributed by atoms with van der Waals surface area (Å²) in [5.41, 5.74) is 0. The summed E-state index contributed by atoms with van der Waals surface area (Å²) in [6.07, 6.45) is 50.4. The van der Waals surface area contributed by atoms with Crippen LogP contribution in [0.2, 0.25) is 0 Å². The predicted molar refractivity (Wildman–Crippen MR) is 235 cm³/mol. The third-order valence-electron chi connectivity index (χ3n) is 9.27. The summed E-state index contributed by atoms with van der Waals surface area (Å²) in [5, 5.41) is 11.6. The molecule has 2 unspecified atom stereocenters. The molecule has 0 saturated carbocycles. The molecule has 0 radical (unpaired) electrons. The normalized spacial score (nSPS) is 13.8. The standard InChI is InChI=1S/C49H81NO7/c1-6-8-10-12-14-16-18-20-21-22-23-24-25-26-28-30-32-34-36-38-40-48(52)57-45(43-55-42-41-46(49(53)54)50(3,4)5)44-56-47(51)39-37-35-33-31-29-27-19-17-15-13-11-9-7-2/h8,10,14,16,20-21,23-24,26-29,32,34,45-46H,6-7,9,11-13,15,17-19,22,25,30-31,33,35-44H2,1-5H3/b10-8+,16-14+,21-20+,24-23+,28-26+,29-27+,34-32+. The molecule has 0 amide bonds. The van der Waals surface area contributed by atoms with Gasteiger partial charge < -0.3 is 28.6 Å². The van der Waals surface area contributed by atoms with Crippen LogP contribution in [0.5, 0.6) is 0 Å². The minimum Gasteiger partial charge on any atom is -0.544 e. The number of carbonyl (C=O) groups excluding carboxylic acids is 3. The van der Waals surface area contributed by atoms with E-state index in [4.69, 9.17) is 14.2 Å². The van der Waals surface area contributed by atoms with Crippen LogP contribution in [0.15, 0.2) is 85.1 Å². The molecule has 0 saturated heterocycles. The van der Waals surface area contributed by atoms with E-state index in [0.29, 0.717) is 12.8 Å². The molecule has 8 nitrogen and oxygen atoms in total. The molecule has 0 aliphatic rings. The van der Waals surface area contributed by atoms with Crippen molar-refractivity contribution in [3.8, 4) is 0 Å². The Hall–Kier alpha value is -3.49. The molecular formula is C49H81NO7. The fraction of sp³-hybridized carbons (Fsp3) is 0.653. The number of unbranched alkanes of at least 4 members (excludes halogenated alkanes) is 10. The number of quaternary nitrogens is 1. The zero-order valence-electron chi connectivity index (χ0n) is 36.7. The van der Waals surface area contributed by atoms with Crippen molar-refractivity contribution in [3.05, 3.63) is 85.1 Å². The second-order valence-electron chi connectivity index (χ2n) is 15.5.